The molecule has 5 rings (SSSR count). The zero-order valence-electron chi connectivity index (χ0n) is 16.6. The highest BCUT2D eigenvalue weighted by Crippen LogP contribution is 2.29. The Morgan fingerprint density at radius 3 is 2.58 bits per heavy atom. The maximum atomic E-state index is 11.3. The number of aliphatic imine (C=N–C) groups is 1. The Bertz CT molecular complexity index is 1490. The minimum Gasteiger partial charge on any atom is -0.326 e. The zero-order chi connectivity index (χ0) is 21.4. The molecule has 0 aliphatic rings. The van der Waals surface area contributed by atoms with E-state index in [1.165, 1.54) is 12.3 Å². The van der Waals surface area contributed by atoms with Crippen molar-refractivity contribution in [1.29, 1.82) is 0 Å². The van der Waals surface area contributed by atoms with Crippen molar-refractivity contribution in [1.82, 2.24) is 14.5 Å². The first-order chi connectivity index (χ1) is 15.1. The van der Waals surface area contributed by atoms with Crippen LogP contribution in [-0.4, -0.2) is 25.7 Å². The molecule has 2 heterocycles. The van der Waals surface area contributed by atoms with E-state index in [-0.39, 0.29) is 5.69 Å². The van der Waals surface area contributed by atoms with Gasteiger partial charge in [0.25, 0.3) is 5.69 Å². The number of imidazole rings is 1. The number of hydrogen-bond acceptors (Lipinski definition) is 5. The highest BCUT2D eigenvalue weighted by atomic mass is 16.6. The number of pyridine rings is 1. The molecular formula is C24H17N5O2. The van der Waals surface area contributed by atoms with Crippen molar-refractivity contribution in [3.8, 4) is 11.5 Å². The number of para-hydroxylation sites is 4. The molecule has 3 aromatic carbocycles. The van der Waals surface area contributed by atoms with E-state index >= 15 is 0 Å². The molecule has 0 radical (unpaired) electrons. The molecule has 0 bridgehead atoms. The van der Waals surface area contributed by atoms with Gasteiger partial charge in [0.2, 0.25) is 0 Å². The Morgan fingerprint density at radius 1 is 0.935 bits per heavy atom. The Morgan fingerprint density at radius 2 is 1.74 bits per heavy atom. The number of nitrogens with zero attached hydrogens (tertiary/aromatic N) is 5. The number of benzene rings is 3. The first-order valence-corrected chi connectivity index (χ1v) is 9.71. The van der Waals surface area contributed by atoms with Crippen LogP contribution >= 0.6 is 0 Å². The summed E-state index contributed by atoms with van der Waals surface area (Å²) in [6.45, 7) is 0. The summed E-state index contributed by atoms with van der Waals surface area (Å²) in [6.07, 6.45) is 1.51. The molecule has 0 saturated carbocycles. The lowest BCUT2D eigenvalue weighted by Gasteiger charge is -2.06. The fourth-order valence-corrected chi connectivity index (χ4v) is 3.64. The van der Waals surface area contributed by atoms with Crippen LogP contribution in [0.4, 0.5) is 11.4 Å². The summed E-state index contributed by atoms with van der Waals surface area (Å²) < 4.78 is 2.02. The van der Waals surface area contributed by atoms with E-state index in [2.05, 4.69) is 4.99 Å². The second kappa shape index (κ2) is 7.46. The van der Waals surface area contributed by atoms with Crippen molar-refractivity contribution < 1.29 is 4.92 Å². The normalized spacial score (nSPS) is 11.5. The fourth-order valence-electron chi connectivity index (χ4n) is 3.64. The standard InChI is InChI=1S/C24H17N5O2/c1-28-22-12-5-3-9-18(22)27-24(28)20-14-13-16-8-6-10-19(23(16)26-20)25-15-17-7-2-4-11-21(17)29(30)31/h2-15H,1H3. The van der Waals surface area contributed by atoms with Crippen LogP contribution < -0.4 is 0 Å². The lowest BCUT2D eigenvalue weighted by atomic mass is 10.1. The molecule has 0 amide bonds. The first kappa shape index (κ1) is 18.6. The van der Waals surface area contributed by atoms with Crippen LogP contribution in [-0.2, 0) is 7.05 Å². The Kier molecular flexibility index (Phi) is 4.48. The first-order valence-electron chi connectivity index (χ1n) is 9.71. The number of fused-ring (bicyclic) bond motifs is 2. The predicted molar refractivity (Wildman–Crippen MR) is 122 cm³/mol. The Hall–Kier alpha value is -4.39. The molecule has 7 nitrogen and oxygen atoms in total. The summed E-state index contributed by atoms with van der Waals surface area (Å²) in [7, 11) is 1.97. The van der Waals surface area contributed by atoms with Crippen LogP contribution in [0.1, 0.15) is 5.56 Å². The van der Waals surface area contributed by atoms with Crippen molar-refractivity contribution in [2.75, 3.05) is 0 Å². The Labute approximate surface area is 177 Å². The van der Waals surface area contributed by atoms with Gasteiger partial charge < -0.3 is 4.57 Å². The average Bonchev–Trinajstić information content (AvgIpc) is 3.14. The molecular weight excluding hydrogens is 390 g/mol. The van der Waals surface area contributed by atoms with E-state index in [0.29, 0.717) is 16.8 Å². The van der Waals surface area contributed by atoms with Crippen LogP contribution in [0, 0.1) is 10.1 Å². The smallest absolute Gasteiger partial charge is 0.278 e. The van der Waals surface area contributed by atoms with Gasteiger partial charge in [-0.25, -0.2) is 9.97 Å². The summed E-state index contributed by atoms with van der Waals surface area (Å²) in [5, 5.41) is 12.2. The third kappa shape index (κ3) is 3.32. The number of nitro benzene ring substituents is 1. The van der Waals surface area contributed by atoms with Crippen LogP contribution in [0.2, 0.25) is 0 Å². The molecule has 7 heteroatoms. The van der Waals surface area contributed by atoms with E-state index in [0.717, 1.165) is 27.9 Å². The molecule has 0 saturated heterocycles. The van der Waals surface area contributed by atoms with Gasteiger partial charge in [-0.15, -0.1) is 0 Å². The summed E-state index contributed by atoms with van der Waals surface area (Å²) >= 11 is 0. The predicted octanol–water partition coefficient (Wildman–Crippen LogP) is 5.45. The molecule has 2 aromatic heterocycles. The monoisotopic (exact) mass is 407 g/mol. The topological polar surface area (TPSA) is 86.2 Å². The minimum atomic E-state index is -0.410. The fraction of sp³-hybridized carbons (Fsp3) is 0.0417. The molecule has 0 spiro atoms. The maximum Gasteiger partial charge on any atom is 0.278 e. The van der Waals surface area contributed by atoms with Crippen molar-refractivity contribution in [3.63, 3.8) is 0 Å². The number of aromatic nitrogens is 3. The maximum absolute atomic E-state index is 11.3. The number of rotatable bonds is 4. The molecule has 0 N–H and O–H groups in total. The molecule has 0 aliphatic heterocycles. The molecule has 0 fully saturated rings. The van der Waals surface area contributed by atoms with E-state index in [1.54, 1.807) is 18.2 Å². The highest BCUT2D eigenvalue weighted by molar-refractivity contribution is 5.95. The molecule has 0 atom stereocenters. The summed E-state index contributed by atoms with van der Waals surface area (Å²) in [5.74, 6) is 0.764. The molecule has 0 unspecified atom stereocenters. The van der Waals surface area contributed by atoms with Crippen molar-refractivity contribution in [2.45, 2.75) is 0 Å². The van der Waals surface area contributed by atoms with Crippen molar-refractivity contribution in [2.24, 2.45) is 12.0 Å². The van der Waals surface area contributed by atoms with Crippen LogP contribution in [0.15, 0.2) is 83.9 Å². The van der Waals surface area contributed by atoms with Gasteiger partial charge in [-0.3, -0.25) is 15.1 Å². The number of aryl methyl sites for hydroxylation is 1. The van der Waals surface area contributed by atoms with Gasteiger partial charge in [0, 0.05) is 24.7 Å². The van der Waals surface area contributed by atoms with E-state index in [1.807, 2.05) is 66.2 Å². The van der Waals surface area contributed by atoms with Crippen LogP contribution in [0.25, 0.3) is 33.5 Å². The quantitative estimate of drug-likeness (QED) is 0.225. The van der Waals surface area contributed by atoms with E-state index in [4.69, 9.17) is 9.97 Å². The molecule has 0 aliphatic carbocycles. The minimum absolute atomic E-state index is 0.0137. The van der Waals surface area contributed by atoms with Crippen LogP contribution in [0.5, 0.6) is 0 Å². The van der Waals surface area contributed by atoms with Gasteiger partial charge in [0.15, 0.2) is 5.82 Å². The summed E-state index contributed by atoms with van der Waals surface area (Å²) in [5.41, 5.74) is 4.47. The molecule has 5 aromatic rings. The highest BCUT2D eigenvalue weighted by Gasteiger charge is 2.13. The summed E-state index contributed by atoms with van der Waals surface area (Å²) in [6, 6.07) is 24.1. The summed E-state index contributed by atoms with van der Waals surface area (Å²) in [4.78, 5) is 25.0. The average molecular weight is 407 g/mol. The third-order valence-electron chi connectivity index (χ3n) is 5.19. The zero-order valence-corrected chi connectivity index (χ0v) is 16.6. The number of nitro groups is 1. The van der Waals surface area contributed by atoms with E-state index in [9.17, 15) is 10.1 Å². The van der Waals surface area contributed by atoms with Crippen molar-refractivity contribution >= 4 is 39.5 Å². The van der Waals surface area contributed by atoms with Gasteiger partial charge in [0.05, 0.1) is 32.7 Å². The van der Waals surface area contributed by atoms with Gasteiger partial charge in [0.1, 0.15) is 5.69 Å². The second-order valence-electron chi connectivity index (χ2n) is 7.10. The van der Waals surface area contributed by atoms with E-state index < -0.39 is 4.92 Å². The van der Waals surface area contributed by atoms with Crippen molar-refractivity contribution in [3.05, 3.63) is 94.5 Å². The largest absolute Gasteiger partial charge is 0.326 e. The van der Waals surface area contributed by atoms with Gasteiger partial charge >= 0.3 is 0 Å². The van der Waals surface area contributed by atoms with Gasteiger partial charge in [-0.05, 0) is 30.3 Å². The Balaban J connectivity index is 1.62. The SMILES string of the molecule is Cn1c(-c2ccc3cccc(N=Cc4ccccc4[N+](=O)[O-])c3n2)nc2ccccc21. The number of hydrogen-bond donors (Lipinski definition) is 0. The second-order valence-corrected chi connectivity index (χ2v) is 7.10. The molecule has 31 heavy (non-hydrogen) atoms. The molecule has 150 valence electrons. The third-order valence-corrected chi connectivity index (χ3v) is 5.19. The van der Waals surface area contributed by atoms with Crippen LogP contribution in [0.3, 0.4) is 0 Å². The lowest BCUT2D eigenvalue weighted by molar-refractivity contribution is -0.385. The lowest BCUT2D eigenvalue weighted by Crippen LogP contribution is -1.95. The van der Waals surface area contributed by atoms with Gasteiger partial charge in [-0.2, -0.15) is 0 Å². The van der Waals surface area contributed by atoms with Gasteiger partial charge in [-0.1, -0.05) is 42.5 Å².